The van der Waals surface area contributed by atoms with E-state index in [-0.39, 0.29) is 0 Å². The Morgan fingerprint density at radius 2 is 0.500 bits per heavy atom. The Labute approximate surface area is 249 Å². The van der Waals surface area contributed by atoms with Crippen molar-refractivity contribution in [1.29, 1.82) is 0 Å². The van der Waals surface area contributed by atoms with Crippen molar-refractivity contribution in [3.63, 3.8) is 0 Å². The van der Waals surface area contributed by atoms with Gasteiger partial charge in [0.25, 0.3) is 0 Å². The Bertz CT molecular complexity index is 1950. The van der Waals surface area contributed by atoms with Crippen LogP contribution in [0.3, 0.4) is 0 Å². The third-order valence-electron chi connectivity index (χ3n) is 10.5. The molecule has 0 saturated carbocycles. The van der Waals surface area contributed by atoms with E-state index < -0.39 is 0 Å². The average molecular weight is 543 g/mol. The molecule has 7 rings (SSSR count). The maximum absolute atomic E-state index is 2.50. The molecule has 0 amide bonds. The van der Waals surface area contributed by atoms with E-state index >= 15 is 0 Å². The first-order valence-corrected chi connectivity index (χ1v) is 15.1. The van der Waals surface area contributed by atoms with E-state index in [2.05, 4.69) is 140 Å². The van der Waals surface area contributed by atoms with Crippen LogP contribution in [0.25, 0.3) is 65.3 Å². The molecule has 0 aliphatic heterocycles. The highest BCUT2D eigenvalue weighted by Gasteiger charge is 2.21. The fraction of sp³-hybridized carbons (Fsp3) is 0.190. The van der Waals surface area contributed by atoms with Crippen LogP contribution in [0.15, 0.2) is 84.9 Å². The van der Waals surface area contributed by atoms with Gasteiger partial charge in [-0.3, -0.25) is 0 Å². The van der Waals surface area contributed by atoms with Gasteiger partial charge in [-0.1, -0.05) is 60.7 Å². The molecular weight excluding hydrogens is 504 g/mol. The molecular formula is C42H38. The van der Waals surface area contributed by atoms with Crippen LogP contribution in [0.2, 0.25) is 0 Å². The number of hydrogen-bond donors (Lipinski definition) is 0. The first-order valence-electron chi connectivity index (χ1n) is 15.1. The zero-order valence-corrected chi connectivity index (χ0v) is 26.1. The lowest BCUT2D eigenvalue weighted by Crippen LogP contribution is -1.98. The monoisotopic (exact) mass is 542 g/mol. The van der Waals surface area contributed by atoms with Crippen LogP contribution < -0.4 is 0 Å². The Kier molecular flexibility index (Phi) is 6.03. The van der Waals surface area contributed by atoms with Crippen LogP contribution in [0.1, 0.15) is 44.5 Å². The average Bonchev–Trinajstić information content (AvgIpc) is 3.02. The van der Waals surface area contributed by atoms with Crippen molar-refractivity contribution in [2.45, 2.75) is 55.4 Å². The smallest absolute Gasteiger partial charge is 0.00259 e. The molecule has 0 bridgehead atoms. The predicted molar refractivity (Wildman–Crippen MR) is 185 cm³/mol. The van der Waals surface area contributed by atoms with E-state index in [1.165, 1.54) is 110 Å². The van der Waals surface area contributed by atoms with Crippen LogP contribution >= 0.6 is 0 Å². The minimum absolute atomic E-state index is 1.27. The van der Waals surface area contributed by atoms with Gasteiger partial charge in [-0.05, 0) is 190 Å². The third-order valence-corrected chi connectivity index (χ3v) is 10.5. The molecule has 0 aliphatic rings. The number of aryl methyl sites for hydroxylation is 4. The molecule has 0 heterocycles. The topological polar surface area (TPSA) is 0 Å². The lowest BCUT2D eigenvalue weighted by Gasteiger charge is -2.22. The summed E-state index contributed by atoms with van der Waals surface area (Å²) in [5.74, 6) is 0. The fourth-order valence-corrected chi connectivity index (χ4v) is 7.32. The van der Waals surface area contributed by atoms with E-state index in [4.69, 9.17) is 0 Å². The molecule has 0 N–H and O–H groups in total. The highest BCUT2D eigenvalue weighted by Crippen LogP contribution is 2.48. The molecule has 206 valence electrons. The normalized spacial score (nSPS) is 11.8. The van der Waals surface area contributed by atoms with Crippen molar-refractivity contribution in [2.24, 2.45) is 0 Å². The maximum Gasteiger partial charge on any atom is -0.00259 e. The van der Waals surface area contributed by atoms with E-state index in [0.29, 0.717) is 0 Å². The number of benzene rings is 7. The van der Waals surface area contributed by atoms with Gasteiger partial charge in [-0.25, -0.2) is 0 Å². The summed E-state index contributed by atoms with van der Waals surface area (Å²) in [4.78, 5) is 0. The van der Waals surface area contributed by atoms with Gasteiger partial charge in [-0.2, -0.15) is 0 Å². The molecule has 7 aromatic rings. The number of rotatable bonds is 2. The Morgan fingerprint density at radius 3 is 0.738 bits per heavy atom. The molecule has 0 saturated heterocycles. The SMILES string of the molecule is Cc1c(C)c(C)c2cc3c(-c4ccccc4)c4cc5c(C)c(C)c(C)c(C)c5cc4c(-c4ccccc4)c3cc2c1C. The second-order valence-electron chi connectivity index (χ2n) is 12.4. The Hall–Kier alpha value is -4.42. The largest absolute Gasteiger partial charge is 0.0622 e. The van der Waals surface area contributed by atoms with Gasteiger partial charge < -0.3 is 0 Å². The van der Waals surface area contributed by atoms with Crippen molar-refractivity contribution in [3.8, 4) is 22.3 Å². The van der Waals surface area contributed by atoms with Crippen LogP contribution in [-0.2, 0) is 0 Å². The summed E-state index contributed by atoms with van der Waals surface area (Å²) < 4.78 is 0. The quantitative estimate of drug-likeness (QED) is 0.191. The summed E-state index contributed by atoms with van der Waals surface area (Å²) in [6.07, 6.45) is 0. The van der Waals surface area contributed by atoms with Crippen LogP contribution in [0.4, 0.5) is 0 Å². The molecule has 0 atom stereocenters. The first kappa shape index (κ1) is 26.5. The van der Waals surface area contributed by atoms with Gasteiger partial charge in [-0.15, -0.1) is 0 Å². The van der Waals surface area contributed by atoms with Gasteiger partial charge >= 0.3 is 0 Å². The fourth-order valence-electron chi connectivity index (χ4n) is 7.32. The molecule has 0 unspecified atom stereocenters. The molecule has 0 aliphatic carbocycles. The van der Waals surface area contributed by atoms with Crippen molar-refractivity contribution in [3.05, 3.63) is 129 Å². The van der Waals surface area contributed by atoms with E-state index in [0.717, 1.165) is 0 Å². The summed E-state index contributed by atoms with van der Waals surface area (Å²) in [7, 11) is 0. The van der Waals surface area contributed by atoms with Gasteiger partial charge in [0.15, 0.2) is 0 Å². The Balaban J connectivity index is 1.83. The second kappa shape index (κ2) is 9.57. The highest BCUT2D eigenvalue weighted by molar-refractivity contribution is 6.26. The summed E-state index contributed by atoms with van der Waals surface area (Å²) in [5, 5.41) is 10.7. The van der Waals surface area contributed by atoms with Gasteiger partial charge in [0, 0.05) is 0 Å². The van der Waals surface area contributed by atoms with Gasteiger partial charge in [0.2, 0.25) is 0 Å². The first-order chi connectivity index (χ1) is 20.2. The third kappa shape index (κ3) is 3.68. The second-order valence-corrected chi connectivity index (χ2v) is 12.4. The van der Waals surface area contributed by atoms with Crippen molar-refractivity contribution < 1.29 is 0 Å². The molecule has 0 heteroatoms. The minimum Gasteiger partial charge on any atom is -0.0622 e. The van der Waals surface area contributed by atoms with Crippen LogP contribution in [0, 0.1) is 55.4 Å². The molecule has 42 heavy (non-hydrogen) atoms. The van der Waals surface area contributed by atoms with Gasteiger partial charge in [0.05, 0.1) is 0 Å². The summed E-state index contributed by atoms with van der Waals surface area (Å²) in [6, 6.07) is 32.0. The van der Waals surface area contributed by atoms with Crippen LogP contribution in [0.5, 0.6) is 0 Å². The number of hydrogen-bond acceptors (Lipinski definition) is 0. The molecule has 7 aromatic carbocycles. The summed E-state index contributed by atoms with van der Waals surface area (Å²) in [5.41, 5.74) is 16.3. The van der Waals surface area contributed by atoms with Crippen molar-refractivity contribution in [2.75, 3.05) is 0 Å². The van der Waals surface area contributed by atoms with E-state index in [1.807, 2.05) is 0 Å². The molecule has 0 spiro atoms. The molecule has 0 aromatic heterocycles. The van der Waals surface area contributed by atoms with Gasteiger partial charge in [0.1, 0.15) is 0 Å². The van der Waals surface area contributed by atoms with Crippen molar-refractivity contribution >= 4 is 43.1 Å². The van der Waals surface area contributed by atoms with E-state index in [1.54, 1.807) is 0 Å². The lowest BCUT2D eigenvalue weighted by molar-refractivity contribution is 1.25. The zero-order chi connectivity index (χ0) is 29.4. The number of fused-ring (bicyclic) bond motifs is 4. The van der Waals surface area contributed by atoms with Crippen molar-refractivity contribution in [1.82, 2.24) is 0 Å². The predicted octanol–water partition coefficient (Wildman–Crippen LogP) is 12.1. The Morgan fingerprint density at radius 1 is 0.262 bits per heavy atom. The molecule has 0 nitrogen and oxygen atoms in total. The maximum atomic E-state index is 2.50. The van der Waals surface area contributed by atoms with Crippen LogP contribution in [-0.4, -0.2) is 0 Å². The summed E-state index contributed by atoms with van der Waals surface area (Å²) >= 11 is 0. The van der Waals surface area contributed by atoms with E-state index in [9.17, 15) is 0 Å². The minimum atomic E-state index is 1.27. The zero-order valence-electron chi connectivity index (χ0n) is 26.1. The lowest BCUT2D eigenvalue weighted by atomic mass is 9.81. The highest BCUT2D eigenvalue weighted by atomic mass is 14.2. The molecule has 0 radical (unpaired) electrons. The summed E-state index contributed by atoms with van der Waals surface area (Å²) in [6.45, 7) is 18.3. The standard InChI is InChI=1S/C42H38/c1-23-24(2)28(6)34-20-38-37(19-33(34)27(23)5)41(31-15-11-9-12-16-31)39-21-35-29(7)25(3)26(4)30(8)36(35)22-40(39)42(38)32-17-13-10-14-18-32/h9-22H,1-8H3. The molecule has 0 fully saturated rings.